The summed E-state index contributed by atoms with van der Waals surface area (Å²) in [6.45, 7) is 4.23. The molecule has 0 aliphatic heterocycles. The van der Waals surface area contributed by atoms with Gasteiger partial charge >= 0.3 is 6.18 Å². The lowest BCUT2D eigenvalue weighted by Gasteiger charge is -2.09. The fraction of sp³-hybridized carbons (Fsp3) is 0.211. The Morgan fingerprint density at radius 3 is 2.08 bits per heavy atom. The van der Waals surface area contributed by atoms with E-state index >= 15 is 0 Å². The second kappa shape index (κ2) is 6.37. The van der Waals surface area contributed by atoms with Crippen molar-refractivity contribution in [2.75, 3.05) is 0 Å². The second-order valence-electron chi connectivity index (χ2n) is 5.90. The molecular formula is C19H18F3N3. The number of nitrogens with two attached hydrogens (primary N) is 1. The number of halogens is 3. The van der Waals surface area contributed by atoms with E-state index in [2.05, 4.69) is 5.10 Å². The standard InChI is InChI=1S/C19H18F3N3/c1-12-18(15-5-7-16(8-6-15)19(20,21)22)13(2)25(24-12)17-9-3-14(11-23)4-10-17/h3-10H,11,23H2,1-2H3. The SMILES string of the molecule is Cc1nn(-c2ccc(CN)cc2)c(C)c1-c1ccc(C(F)(F)F)cc1. The molecule has 0 radical (unpaired) electrons. The summed E-state index contributed by atoms with van der Waals surface area (Å²) in [4.78, 5) is 0. The van der Waals surface area contributed by atoms with E-state index in [1.807, 2.05) is 38.1 Å². The molecule has 3 nitrogen and oxygen atoms in total. The average molecular weight is 345 g/mol. The van der Waals surface area contributed by atoms with E-state index in [9.17, 15) is 13.2 Å². The van der Waals surface area contributed by atoms with Gasteiger partial charge in [0, 0.05) is 17.8 Å². The molecule has 6 heteroatoms. The van der Waals surface area contributed by atoms with E-state index in [-0.39, 0.29) is 0 Å². The minimum Gasteiger partial charge on any atom is -0.326 e. The van der Waals surface area contributed by atoms with Gasteiger partial charge in [-0.25, -0.2) is 4.68 Å². The molecule has 130 valence electrons. The van der Waals surface area contributed by atoms with Crippen LogP contribution in [0.1, 0.15) is 22.5 Å². The van der Waals surface area contributed by atoms with Gasteiger partial charge in [0.05, 0.1) is 16.9 Å². The van der Waals surface area contributed by atoms with Gasteiger partial charge in [-0.3, -0.25) is 0 Å². The number of aryl methyl sites for hydroxylation is 1. The molecule has 0 spiro atoms. The van der Waals surface area contributed by atoms with Gasteiger partial charge in [0.1, 0.15) is 0 Å². The van der Waals surface area contributed by atoms with Gasteiger partial charge in [0.15, 0.2) is 0 Å². The van der Waals surface area contributed by atoms with E-state index in [4.69, 9.17) is 5.73 Å². The van der Waals surface area contributed by atoms with Crippen LogP contribution in [0, 0.1) is 13.8 Å². The molecule has 0 aliphatic carbocycles. The smallest absolute Gasteiger partial charge is 0.326 e. The molecule has 0 fully saturated rings. The van der Waals surface area contributed by atoms with Crippen molar-refractivity contribution < 1.29 is 13.2 Å². The van der Waals surface area contributed by atoms with Crippen LogP contribution in [-0.4, -0.2) is 9.78 Å². The van der Waals surface area contributed by atoms with Gasteiger partial charge in [0.2, 0.25) is 0 Å². The van der Waals surface area contributed by atoms with Crippen LogP contribution < -0.4 is 5.73 Å². The first kappa shape index (κ1) is 17.2. The van der Waals surface area contributed by atoms with E-state index in [1.165, 1.54) is 12.1 Å². The molecule has 0 saturated heterocycles. The Hall–Kier alpha value is -2.60. The Morgan fingerprint density at radius 2 is 1.56 bits per heavy atom. The Labute approximate surface area is 143 Å². The first-order chi connectivity index (χ1) is 11.8. The first-order valence-electron chi connectivity index (χ1n) is 7.84. The zero-order valence-corrected chi connectivity index (χ0v) is 13.9. The maximum absolute atomic E-state index is 12.7. The molecule has 2 aromatic carbocycles. The molecule has 3 rings (SSSR count). The molecule has 25 heavy (non-hydrogen) atoms. The summed E-state index contributed by atoms with van der Waals surface area (Å²) >= 11 is 0. The molecule has 0 atom stereocenters. The predicted molar refractivity (Wildman–Crippen MR) is 91.4 cm³/mol. The van der Waals surface area contributed by atoms with Crippen molar-refractivity contribution in [2.24, 2.45) is 5.73 Å². The lowest BCUT2D eigenvalue weighted by molar-refractivity contribution is -0.137. The van der Waals surface area contributed by atoms with Crippen LogP contribution in [0.5, 0.6) is 0 Å². The fourth-order valence-corrected chi connectivity index (χ4v) is 2.91. The minimum atomic E-state index is -4.34. The van der Waals surface area contributed by atoms with Crippen molar-refractivity contribution in [3.63, 3.8) is 0 Å². The normalized spacial score (nSPS) is 11.8. The number of benzene rings is 2. The quantitative estimate of drug-likeness (QED) is 0.752. The van der Waals surface area contributed by atoms with Crippen LogP contribution in [0.4, 0.5) is 13.2 Å². The van der Waals surface area contributed by atoms with Gasteiger partial charge < -0.3 is 5.73 Å². The topological polar surface area (TPSA) is 43.8 Å². The summed E-state index contributed by atoms with van der Waals surface area (Å²) in [5, 5.41) is 4.55. The van der Waals surface area contributed by atoms with Crippen molar-refractivity contribution in [2.45, 2.75) is 26.6 Å². The fourth-order valence-electron chi connectivity index (χ4n) is 2.91. The maximum atomic E-state index is 12.7. The molecule has 1 aromatic heterocycles. The zero-order valence-electron chi connectivity index (χ0n) is 13.9. The molecule has 0 amide bonds. The molecule has 0 bridgehead atoms. The molecule has 0 aliphatic rings. The number of rotatable bonds is 3. The summed E-state index contributed by atoms with van der Waals surface area (Å²) in [5.41, 5.74) is 10.1. The van der Waals surface area contributed by atoms with E-state index < -0.39 is 11.7 Å². The summed E-state index contributed by atoms with van der Waals surface area (Å²) in [6, 6.07) is 12.9. The third kappa shape index (κ3) is 3.30. The van der Waals surface area contributed by atoms with Crippen LogP contribution in [0.3, 0.4) is 0 Å². The largest absolute Gasteiger partial charge is 0.416 e. The maximum Gasteiger partial charge on any atom is 0.416 e. The van der Waals surface area contributed by atoms with Gasteiger partial charge in [-0.15, -0.1) is 0 Å². The highest BCUT2D eigenvalue weighted by Crippen LogP contribution is 2.33. The number of hydrogen-bond acceptors (Lipinski definition) is 2. The third-order valence-electron chi connectivity index (χ3n) is 4.21. The van der Waals surface area contributed by atoms with E-state index in [1.54, 1.807) is 4.68 Å². The zero-order chi connectivity index (χ0) is 18.2. The van der Waals surface area contributed by atoms with Crippen LogP contribution in [0.2, 0.25) is 0 Å². The minimum absolute atomic E-state index is 0.466. The van der Waals surface area contributed by atoms with Crippen LogP contribution >= 0.6 is 0 Å². The van der Waals surface area contributed by atoms with Crippen molar-refractivity contribution in [3.8, 4) is 16.8 Å². The molecule has 0 saturated carbocycles. The first-order valence-corrected chi connectivity index (χ1v) is 7.84. The monoisotopic (exact) mass is 345 g/mol. The predicted octanol–water partition coefficient (Wildman–Crippen LogP) is 4.63. The van der Waals surface area contributed by atoms with Crippen LogP contribution in [0.15, 0.2) is 48.5 Å². The Bertz CT molecular complexity index is 876. The summed E-state index contributed by atoms with van der Waals surface area (Å²) in [7, 11) is 0. The molecule has 1 heterocycles. The van der Waals surface area contributed by atoms with Gasteiger partial charge in [-0.1, -0.05) is 24.3 Å². The summed E-state index contributed by atoms with van der Waals surface area (Å²) in [6.07, 6.45) is -4.34. The van der Waals surface area contributed by atoms with Crippen LogP contribution in [0.25, 0.3) is 16.8 Å². The number of alkyl halides is 3. The summed E-state index contributed by atoms with van der Waals surface area (Å²) in [5.74, 6) is 0. The van der Waals surface area contributed by atoms with E-state index in [0.29, 0.717) is 12.1 Å². The molecule has 0 unspecified atom stereocenters. The lowest BCUT2D eigenvalue weighted by Crippen LogP contribution is -2.04. The third-order valence-corrected chi connectivity index (χ3v) is 4.21. The Morgan fingerprint density at radius 1 is 0.960 bits per heavy atom. The highest BCUT2D eigenvalue weighted by molar-refractivity contribution is 5.69. The van der Waals surface area contributed by atoms with Crippen molar-refractivity contribution in [1.29, 1.82) is 0 Å². The number of nitrogens with zero attached hydrogens (tertiary/aromatic N) is 2. The van der Waals surface area contributed by atoms with Crippen molar-refractivity contribution in [3.05, 3.63) is 71.0 Å². The molecule has 2 N–H and O–H groups in total. The van der Waals surface area contributed by atoms with Crippen molar-refractivity contribution >= 4 is 0 Å². The van der Waals surface area contributed by atoms with Gasteiger partial charge in [0.25, 0.3) is 0 Å². The number of hydrogen-bond donors (Lipinski definition) is 1. The van der Waals surface area contributed by atoms with Gasteiger partial charge in [-0.2, -0.15) is 18.3 Å². The lowest BCUT2D eigenvalue weighted by atomic mass is 10.0. The van der Waals surface area contributed by atoms with Crippen molar-refractivity contribution in [1.82, 2.24) is 9.78 Å². The van der Waals surface area contributed by atoms with Crippen LogP contribution in [-0.2, 0) is 12.7 Å². The Balaban J connectivity index is 2.02. The highest BCUT2D eigenvalue weighted by Gasteiger charge is 2.30. The average Bonchev–Trinajstić information content (AvgIpc) is 2.89. The van der Waals surface area contributed by atoms with Gasteiger partial charge in [-0.05, 0) is 49.2 Å². The second-order valence-corrected chi connectivity index (χ2v) is 5.90. The summed E-state index contributed by atoms with van der Waals surface area (Å²) < 4.78 is 40.0. The molecular weight excluding hydrogens is 327 g/mol. The Kier molecular flexibility index (Phi) is 4.39. The highest BCUT2D eigenvalue weighted by atomic mass is 19.4. The van der Waals surface area contributed by atoms with E-state index in [0.717, 1.165) is 40.3 Å². The number of aromatic nitrogens is 2. The molecule has 3 aromatic rings.